The third kappa shape index (κ3) is 3.35. The van der Waals surface area contributed by atoms with Crippen LogP contribution in [0.3, 0.4) is 0 Å². The van der Waals surface area contributed by atoms with E-state index in [1.165, 1.54) is 12.1 Å². The van der Waals surface area contributed by atoms with E-state index < -0.39 is 11.4 Å². The zero-order valence-corrected chi connectivity index (χ0v) is 12.8. The molecule has 5 N–H and O–H groups in total. The molecular weight excluding hydrogens is 301 g/mol. The molecule has 5 nitrogen and oxygen atoms in total. The number of alkyl halides is 1. The van der Waals surface area contributed by atoms with Crippen molar-refractivity contribution in [3.63, 3.8) is 0 Å². The molecule has 1 atom stereocenters. The van der Waals surface area contributed by atoms with Gasteiger partial charge in [-0.1, -0.05) is 18.5 Å². The molecule has 20 heavy (non-hydrogen) atoms. The third-order valence-corrected chi connectivity index (χ3v) is 3.81. The Hall–Kier alpha value is -1.46. The minimum atomic E-state index is -1.03. The van der Waals surface area contributed by atoms with Crippen LogP contribution < -0.4 is 16.8 Å². The van der Waals surface area contributed by atoms with E-state index >= 15 is 0 Å². The molecule has 0 spiro atoms. The Bertz CT molecular complexity index is 525. The number of rotatable bonds is 5. The predicted molar refractivity (Wildman–Crippen MR) is 82.2 cm³/mol. The first-order valence-electron chi connectivity index (χ1n) is 6.01. The van der Waals surface area contributed by atoms with Crippen LogP contribution in [0, 0.1) is 0 Å². The summed E-state index contributed by atoms with van der Waals surface area (Å²) in [5, 5.41) is 2.85. The van der Waals surface area contributed by atoms with Gasteiger partial charge in [-0.3, -0.25) is 9.59 Å². The van der Waals surface area contributed by atoms with Gasteiger partial charge in [0.1, 0.15) is 0 Å². The van der Waals surface area contributed by atoms with Crippen molar-refractivity contribution in [1.29, 1.82) is 0 Å². The second-order valence-electron chi connectivity index (χ2n) is 4.66. The molecule has 0 heterocycles. The molecule has 1 aromatic carbocycles. The summed E-state index contributed by atoms with van der Waals surface area (Å²) in [6, 6.07) is 2.82. The first-order valence-corrected chi connectivity index (χ1v) is 6.92. The summed E-state index contributed by atoms with van der Waals surface area (Å²) in [5.41, 5.74) is 10.9. The second-order valence-corrected chi connectivity index (χ2v) is 5.33. The summed E-state index contributed by atoms with van der Waals surface area (Å²) < 4.78 is 0. The van der Waals surface area contributed by atoms with Gasteiger partial charge in [-0.25, -0.2) is 0 Å². The highest BCUT2D eigenvalue weighted by atomic mass is 35.5. The van der Waals surface area contributed by atoms with Crippen molar-refractivity contribution in [2.75, 3.05) is 17.3 Å². The number of Topliss-reactive ketones (excluding diaryl/α,β-unsaturated/α-hetero) is 1. The number of carbonyl (C=O) groups is 2. The van der Waals surface area contributed by atoms with Crippen molar-refractivity contribution >= 4 is 46.3 Å². The van der Waals surface area contributed by atoms with Crippen LogP contribution in [0.2, 0.25) is 5.02 Å². The lowest BCUT2D eigenvalue weighted by molar-refractivity contribution is -0.122. The van der Waals surface area contributed by atoms with Gasteiger partial charge in [0.15, 0.2) is 5.78 Å². The molecule has 0 radical (unpaired) electrons. The van der Waals surface area contributed by atoms with E-state index in [1.54, 1.807) is 13.8 Å². The van der Waals surface area contributed by atoms with Crippen molar-refractivity contribution in [1.82, 2.24) is 5.32 Å². The second kappa shape index (κ2) is 6.33. The van der Waals surface area contributed by atoms with E-state index in [4.69, 9.17) is 34.7 Å². The molecule has 0 aromatic heterocycles. The molecule has 0 aliphatic carbocycles. The zero-order valence-electron chi connectivity index (χ0n) is 11.3. The monoisotopic (exact) mass is 317 g/mol. The van der Waals surface area contributed by atoms with Crippen molar-refractivity contribution in [3.05, 3.63) is 22.7 Å². The fourth-order valence-electron chi connectivity index (χ4n) is 1.60. The number of anilines is 2. The smallest absolute Gasteiger partial charge is 0.252 e. The molecule has 1 aromatic rings. The minimum Gasteiger partial charge on any atom is -0.397 e. The SMILES string of the molecule is CCC(C)(NC(=O)c1cc(N)c(N)c(Cl)c1)C(=O)CCl. The van der Waals surface area contributed by atoms with Gasteiger partial charge in [0.05, 0.1) is 27.8 Å². The minimum absolute atomic E-state index is 0.171. The average Bonchev–Trinajstić information content (AvgIpc) is 2.42. The molecule has 1 unspecified atom stereocenters. The molecule has 0 saturated heterocycles. The van der Waals surface area contributed by atoms with E-state index in [9.17, 15) is 9.59 Å². The maximum absolute atomic E-state index is 12.2. The van der Waals surface area contributed by atoms with Gasteiger partial charge in [0.2, 0.25) is 0 Å². The highest BCUT2D eigenvalue weighted by Crippen LogP contribution is 2.27. The summed E-state index contributed by atoms with van der Waals surface area (Å²) in [4.78, 5) is 24.0. The molecule has 0 saturated carbocycles. The van der Waals surface area contributed by atoms with Crippen LogP contribution in [0.5, 0.6) is 0 Å². The molecule has 7 heteroatoms. The molecule has 0 fully saturated rings. The molecule has 0 aliphatic rings. The molecule has 110 valence electrons. The van der Waals surface area contributed by atoms with Crippen LogP contribution in [0.25, 0.3) is 0 Å². The van der Waals surface area contributed by atoms with Gasteiger partial charge in [-0.2, -0.15) is 0 Å². The lowest BCUT2D eigenvalue weighted by Gasteiger charge is -2.27. The fourth-order valence-corrected chi connectivity index (χ4v) is 2.12. The van der Waals surface area contributed by atoms with Crippen molar-refractivity contribution in [2.45, 2.75) is 25.8 Å². The van der Waals surface area contributed by atoms with Crippen LogP contribution in [0.4, 0.5) is 11.4 Å². The summed E-state index contributed by atoms with van der Waals surface area (Å²) in [5.74, 6) is -0.888. The average molecular weight is 318 g/mol. The van der Waals surface area contributed by atoms with Gasteiger partial charge < -0.3 is 16.8 Å². The first-order chi connectivity index (χ1) is 9.25. The van der Waals surface area contributed by atoms with Crippen LogP contribution in [0.15, 0.2) is 12.1 Å². The van der Waals surface area contributed by atoms with Crippen molar-refractivity contribution in [2.24, 2.45) is 0 Å². The van der Waals surface area contributed by atoms with Crippen LogP contribution in [0.1, 0.15) is 30.6 Å². The normalized spacial score (nSPS) is 13.6. The first kappa shape index (κ1) is 16.6. The summed E-state index contributed by atoms with van der Waals surface area (Å²) in [6.07, 6.45) is 0.419. The molecule has 1 rings (SSSR count). The number of nitrogen functional groups attached to an aromatic ring is 2. The number of nitrogens with two attached hydrogens (primary N) is 2. The predicted octanol–water partition coefficient (Wildman–Crippen LogP) is 2.21. The number of halogens is 2. The Morgan fingerprint density at radius 3 is 2.40 bits per heavy atom. The van der Waals surface area contributed by atoms with E-state index in [-0.39, 0.29) is 33.6 Å². The summed E-state index contributed by atoms with van der Waals surface area (Å²) in [6.45, 7) is 3.41. The maximum Gasteiger partial charge on any atom is 0.252 e. The van der Waals surface area contributed by atoms with Crippen LogP contribution in [-0.2, 0) is 4.79 Å². The largest absolute Gasteiger partial charge is 0.397 e. The summed E-state index contributed by atoms with van der Waals surface area (Å²) in [7, 11) is 0. The number of hydrogen-bond donors (Lipinski definition) is 3. The number of benzene rings is 1. The standard InChI is InChI=1S/C13H17Cl2N3O2/c1-3-13(2,10(19)6-14)18-12(20)7-4-8(15)11(17)9(16)5-7/h4-5H,3,6,16-17H2,1-2H3,(H,18,20). The Kier molecular flexibility index (Phi) is 5.25. The maximum atomic E-state index is 12.2. The Labute approximate surface area is 127 Å². The highest BCUT2D eigenvalue weighted by Gasteiger charge is 2.32. The van der Waals surface area contributed by atoms with Crippen molar-refractivity contribution < 1.29 is 9.59 Å². The number of amides is 1. The zero-order chi connectivity index (χ0) is 15.5. The Morgan fingerprint density at radius 2 is 1.95 bits per heavy atom. The molecule has 1 amide bonds. The van der Waals surface area contributed by atoms with Gasteiger partial charge in [-0.15, -0.1) is 11.6 Å². The van der Waals surface area contributed by atoms with E-state index in [1.807, 2.05) is 0 Å². The molecule has 0 aliphatic heterocycles. The quantitative estimate of drug-likeness (QED) is 0.572. The third-order valence-electron chi connectivity index (χ3n) is 3.26. The van der Waals surface area contributed by atoms with Crippen LogP contribution in [-0.4, -0.2) is 23.1 Å². The lowest BCUT2D eigenvalue weighted by atomic mass is 9.93. The van der Waals surface area contributed by atoms with Gasteiger partial charge in [0.25, 0.3) is 5.91 Å². The molecule has 0 bridgehead atoms. The van der Waals surface area contributed by atoms with Crippen molar-refractivity contribution in [3.8, 4) is 0 Å². The van der Waals surface area contributed by atoms with Gasteiger partial charge in [0, 0.05) is 5.56 Å². The lowest BCUT2D eigenvalue weighted by Crippen LogP contribution is -2.52. The van der Waals surface area contributed by atoms with Gasteiger partial charge >= 0.3 is 0 Å². The van der Waals surface area contributed by atoms with E-state index in [0.717, 1.165) is 0 Å². The van der Waals surface area contributed by atoms with Crippen LogP contribution >= 0.6 is 23.2 Å². The van der Waals surface area contributed by atoms with E-state index in [2.05, 4.69) is 5.32 Å². The topological polar surface area (TPSA) is 98.2 Å². The number of nitrogens with one attached hydrogen (secondary N) is 1. The Balaban J connectivity index is 3.05. The highest BCUT2D eigenvalue weighted by molar-refractivity contribution is 6.34. The molecular formula is C13H17Cl2N3O2. The van der Waals surface area contributed by atoms with Gasteiger partial charge in [-0.05, 0) is 25.5 Å². The Morgan fingerprint density at radius 1 is 1.35 bits per heavy atom. The number of hydrogen-bond acceptors (Lipinski definition) is 4. The number of carbonyl (C=O) groups excluding carboxylic acids is 2. The summed E-state index contributed by atoms with van der Waals surface area (Å²) >= 11 is 11.4. The number of ketones is 1. The fraction of sp³-hybridized carbons (Fsp3) is 0.385. The van der Waals surface area contributed by atoms with E-state index in [0.29, 0.717) is 6.42 Å².